The second-order valence-electron chi connectivity index (χ2n) is 3.09. The molecule has 0 saturated carbocycles. The lowest BCUT2D eigenvalue weighted by atomic mass is 10.00. The maximum Gasteiger partial charge on any atom is 0.358 e. The van der Waals surface area contributed by atoms with Gasteiger partial charge in [-0.1, -0.05) is 19.8 Å². The Morgan fingerprint density at radius 1 is 1.50 bits per heavy atom. The van der Waals surface area contributed by atoms with E-state index in [1.165, 1.54) is 6.07 Å². The molecule has 0 heterocycles. The second-order valence-corrected chi connectivity index (χ2v) is 3.09. The molecule has 1 atom stereocenters. The van der Waals surface area contributed by atoms with E-state index in [1.807, 2.05) is 6.92 Å². The number of halogens is 1. The Balaban J connectivity index is 4.18. The fourth-order valence-corrected chi connectivity index (χ4v) is 1.07. The van der Waals surface area contributed by atoms with E-state index in [-0.39, 0.29) is 13.0 Å². The molecule has 80 valence electrons. The molecule has 14 heavy (non-hydrogen) atoms. The van der Waals surface area contributed by atoms with Crippen molar-refractivity contribution < 1.29 is 13.9 Å². The van der Waals surface area contributed by atoms with Crippen LogP contribution in [-0.4, -0.2) is 18.2 Å². The minimum absolute atomic E-state index is 0.0732. The van der Waals surface area contributed by atoms with Crippen LogP contribution in [0.2, 0.25) is 0 Å². The number of nitrogens with zero attached hydrogens (tertiary/aromatic N) is 1. The fraction of sp³-hybridized carbons (Fsp3) is 0.800. The van der Waals surface area contributed by atoms with Crippen LogP contribution in [0.1, 0.15) is 39.5 Å². The van der Waals surface area contributed by atoms with Crippen LogP contribution in [0.4, 0.5) is 4.39 Å². The summed E-state index contributed by atoms with van der Waals surface area (Å²) in [6, 6.07) is 1.38. The average molecular weight is 201 g/mol. The van der Waals surface area contributed by atoms with E-state index in [4.69, 9.17) is 5.26 Å². The van der Waals surface area contributed by atoms with Crippen molar-refractivity contribution in [3.8, 4) is 6.07 Å². The zero-order chi connectivity index (χ0) is 11.0. The van der Waals surface area contributed by atoms with Crippen LogP contribution in [0.5, 0.6) is 0 Å². The number of esters is 1. The standard InChI is InChI=1S/C10H16FNO2/c1-3-5-6-7-10(11,8-12)9(13)14-4-2/h3-7H2,1-2H3. The van der Waals surface area contributed by atoms with Crippen molar-refractivity contribution in [2.75, 3.05) is 6.61 Å². The third-order valence-corrected chi connectivity index (χ3v) is 1.90. The molecule has 0 radical (unpaired) electrons. The van der Waals surface area contributed by atoms with Crippen LogP contribution in [0, 0.1) is 11.3 Å². The van der Waals surface area contributed by atoms with Crippen LogP contribution < -0.4 is 0 Å². The first-order chi connectivity index (χ1) is 6.60. The number of ether oxygens (including phenoxy) is 1. The summed E-state index contributed by atoms with van der Waals surface area (Å²) in [6.07, 6.45) is 2.19. The first-order valence-electron chi connectivity index (χ1n) is 4.88. The number of rotatable bonds is 6. The van der Waals surface area contributed by atoms with Crippen LogP contribution >= 0.6 is 0 Å². The minimum atomic E-state index is -2.45. The average Bonchev–Trinajstić information content (AvgIpc) is 2.18. The molecule has 0 aromatic carbocycles. The maximum absolute atomic E-state index is 13.6. The van der Waals surface area contributed by atoms with Crippen LogP contribution in [0.3, 0.4) is 0 Å². The van der Waals surface area contributed by atoms with Crippen molar-refractivity contribution in [3.05, 3.63) is 0 Å². The van der Waals surface area contributed by atoms with Crippen molar-refractivity contribution >= 4 is 5.97 Å². The Kier molecular flexibility index (Phi) is 5.86. The van der Waals surface area contributed by atoms with E-state index >= 15 is 0 Å². The molecule has 1 unspecified atom stereocenters. The summed E-state index contributed by atoms with van der Waals surface area (Å²) in [5.74, 6) is -1.06. The van der Waals surface area contributed by atoms with Gasteiger partial charge in [0.05, 0.1) is 6.61 Å². The molecule has 3 nitrogen and oxygen atoms in total. The van der Waals surface area contributed by atoms with E-state index in [2.05, 4.69) is 4.74 Å². The normalized spacial score (nSPS) is 14.1. The van der Waals surface area contributed by atoms with Crippen LogP contribution in [-0.2, 0) is 9.53 Å². The summed E-state index contributed by atoms with van der Waals surface area (Å²) >= 11 is 0. The monoisotopic (exact) mass is 201 g/mol. The predicted octanol–water partition coefficient (Wildman–Crippen LogP) is 2.36. The molecule has 0 aliphatic rings. The van der Waals surface area contributed by atoms with Crippen molar-refractivity contribution in [2.45, 2.75) is 45.2 Å². The molecule has 0 fully saturated rings. The lowest BCUT2D eigenvalue weighted by Gasteiger charge is -2.14. The van der Waals surface area contributed by atoms with Gasteiger partial charge in [-0.05, 0) is 13.3 Å². The zero-order valence-electron chi connectivity index (χ0n) is 8.68. The minimum Gasteiger partial charge on any atom is -0.463 e. The summed E-state index contributed by atoms with van der Waals surface area (Å²) in [5, 5.41) is 8.56. The summed E-state index contributed by atoms with van der Waals surface area (Å²) in [5.41, 5.74) is -2.45. The Morgan fingerprint density at radius 3 is 2.57 bits per heavy atom. The molecule has 4 heteroatoms. The quantitative estimate of drug-likeness (QED) is 0.489. The third-order valence-electron chi connectivity index (χ3n) is 1.90. The Labute approximate surface area is 83.9 Å². The summed E-state index contributed by atoms with van der Waals surface area (Å²) in [4.78, 5) is 11.1. The molecule has 0 rings (SSSR count). The van der Waals surface area contributed by atoms with E-state index < -0.39 is 11.6 Å². The topological polar surface area (TPSA) is 50.1 Å². The third kappa shape index (κ3) is 3.73. The maximum atomic E-state index is 13.6. The summed E-state index contributed by atoms with van der Waals surface area (Å²) in [7, 11) is 0. The number of hydrogen-bond acceptors (Lipinski definition) is 3. The van der Waals surface area contributed by atoms with E-state index in [1.54, 1.807) is 6.92 Å². The van der Waals surface area contributed by atoms with Gasteiger partial charge in [0.25, 0.3) is 5.67 Å². The molecule has 0 aromatic rings. The predicted molar refractivity (Wildman–Crippen MR) is 50.2 cm³/mol. The lowest BCUT2D eigenvalue weighted by Crippen LogP contribution is -2.34. The van der Waals surface area contributed by atoms with Gasteiger partial charge in [-0.2, -0.15) is 5.26 Å². The van der Waals surface area contributed by atoms with E-state index in [9.17, 15) is 9.18 Å². The fourth-order valence-electron chi connectivity index (χ4n) is 1.07. The van der Waals surface area contributed by atoms with E-state index in [0.29, 0.717) is 6.42 Å². The highest BCUT2D eigenvalue weighted by Gasteiger charge is 2.39. The molecule has 0 saturated heterocycles. The van der Waals surface area contributed by atoms with Gasteiger partial charge in [-0.3, -0.25) is 0 Å². The van der Waals surface area contributed by atoms with Crippen molar-refractivity contribution in [3.63, 3.8) is 0 Å². The Bertz CT molecular complexity index is 225. The van der Waals surface area contributed by atoms with Crippen molar-refractivity contribution in [1.82, 2.24) is 0 Å². The molecule has 0 aliphatic carbocycles. The molecule has 0 aromatic heterocycles. The van der Waals surface area contributed by atoms with Gasteiger partial charge in [0.15, 0.2) is 0 Å². The number of alkyl halides is 1. The summed E-state index contributed by atoms with van der Waals surface area (Å²) in [6.45, 7) is 3.65. The van der Waals surface area contributed by atoms with Gasteiger partial charge >= 0.3 is 5.97 Å². The lowest BCUT2D eigenvalue weighted by molar-refractivity contribution is -0.153. The highest BCUT2D eigenvalue weighted by atomic mass is 19.1. The highest BCUT2D eigenvalue weighted by Crippen LogP contribution is 2.21. The van der Waals surface area contributed by atoms with Crippen molar-refractivity contribution in [1.29, 1.82) is 5.26 Å². The number of hydrogen-bond donors (Lipinski definition) is 0. The van der Waals surface area contributed by atoms with Crippen molar-refractivity contribution in [2.24, 2.45) is 0 Å². The SMILES string of the molecule is CCCCCC(F)(C#N)C(=O)OCC. The second kappa shape index (κ2) is 6.36. The zero-order valence-corrected chi connectivity index (χ0v) is 8.68. The van der Waals surface area contributed by atoms with Gasteiger partial charge < -0.3 is 4.74 Å². The number of carbonyl (C=O) groups excluding carboxylic acids is 1. The van der Waals surface area contributed by atoms with Gasteiger partial charge in [0, 0.05) is 6.42 Å². The van der Waals surface area contributed by atoms with Gasteiger partial charge in [-0.15, -0.1) is 0 Å². The molecule has 0 amide bonds. The molecule has 0 aliphatic heterocycles. The van der Waals surface area contributed by atoms with E-state index in [0.717, 1.165) is 12.8 Å². The van der Waals surface area contributed by atoms with Crippen LogP contribution in [0.25, 0.3) is 0 Å². The largest absolute Gasteiger partial charge is 0.463 e. The molecule has 0 bridgehead atoms. The first-order valence-corrected chi connectivity index (χ1v) is 4.88. The molecular formula is C10H16FNO2. The number of nitriles is 1. The highest BCUT2D eigenvalue weighted by molar-refractivity contribution is 5.82. The Hall–Kier alpha value is -1.11. The molecular weight excluding hydrogens is 185 g/mol. The number of carbonyl (C=O) groups is 1. The van der Waals surface area contributed by atoms with Gasteiger partial charge in [-0.25, -0.2) is 9.18 Å². The number of unbranched alkanes of at least 4 members (excludes halogenated alkanes) is 2. The first kappa shape index (κ1) is 12.9. The van der Waals surface area contributed by atoms with Crippen LogP contribution in [0.15, 0.2) is 0 Å². The molecule has 0 spiro atoms. The van der Waals surface area contributed by atoms with Gasteiger partial charge in [0.2, 0.25) is 0 Å². The smallest absolute Gasteiger partial charge is 0.358 e. The molecule has 0 N–H and O–H groups in total. The summed E-state index contributed by atoms with van der Waals surface area (Å²) < 4.78 is 18.1. The van der Waals surface area contributed by atoms with Gasteiger partial charge in [0.1, 0.15) is 6.07 Å². The Morgan fingerprint density at radius 2 is 2.14 bits per heavy atom.